The van der Waals surface area contributed by atoms with E-state index in [0.717, 1.165) is 16.5 Å². The first kappa shape index (κ1) is 15.7. The summed E-state index contributed by atoms with van der Waals surface area (Å²) in [5, 5.41) is 14.9. The van der Waals surface area contributed by atoms with Crippen molar-refractivity contribution in [2.24, 2.45) is 0 Å². The zero-order valence-electron chi connectivity index (χ0n) is 13.5. The average Bonchev–Trinajstić information content (AvgIpc) is 2.59. The van der Waals surface area contributed by atoms with Gasteiger partial charge in [-0.15, -0.1) is 0 Å². The van der Waals surface area contributed by atoms with E-state index in [9.17, 15) is 5.11 Å². The number of aliphatic hydroxyl groups excluding tert-OH is 1. The Labute approximate surface area is 137 Å². The number of rotatable bonds is 5. The van der Waals surface area contributed by atoms with Crippen LogP contribution in [-0.2, 0) is 0 Å². The summed E-state index contributed by atoms with van der Waals surface area (Å²) in [5.41, 5.74) is 4.34. The number of nitrogens with zero attached hydrogens (tertiary/aromatic N) is 1. The summed E-state index contributed by atoms with van der Waals surface area (Å²) in [6.07, 6.45) is 1.30. The molecule has 1 aromatic heterocycles. The molecule has 0 saturated heterocycles. The van der Waals surface area contributed by atoms with Crippen molar-refractivity contribution in [2.75, 3.05) is 6.54 Å². The maximum atomic E-state index is 10.3. The first-order valence-electron chi connectivity index (χ1n) is 7.97. The molecule has 0 radical (unpaired) electrons. The van der Waals surface area contributed by atoms with Gasteiger partial charge < -0.3 is 10.4 Å². The molecule has 0 fully saturated rings. The smallest absolute Gasteiger partial charge is 0.0914 e. The lowest BCUT2D eigenvalue weighted by Gasteiger charge is -2.19. The normalized spacial score (nSPS) is 13.9. The Bertz CT molecular complexity index is 778. The number of nitrogens with one attached hydrogen (secondary N) is 1. The molecule has 2 atom stereocenters. The van der Waals surface area contributed by atoms with Gasteiger partial charge in [0, 0.05) is 24.2 Å². The number of aryl methyl sites for hydroxylation is 1. The zero-order chi connectivity index (χ0) is 16.2. The quantitative estimate of drug-likeness (QED) is 0.751. The lowest BCUT2D eigenvalue weighted by Crippen LogP contribution is -2.24. The molecule has 0 bridgehead atoms. The van der Waals surface area contributed by atoms with Gasteiger partial charge in [0.1, 0.15) is 0 Å². The molecule has 0 aliphatic carbocycles. The zero-order valence-corrected chi connectivity index (χ0v) is 13.5. The topological polar surface area (TPSA) is 45.1 Å². The summed E-state index contributed by atoms with van der Waals surface area (Å²) in [6, 6.07) is 18.4. The molecule has 1 heterocycles. The van der Waals surface area contributed by atoms with Crippen LogP contribution in [0.5, 0.6) is 0 Å². The van der Waals surface area contributed by atoms with Gasteiger partial charge in [0.2, 0.25) is 0 Å². The number of fused-ring (bicyclic) bond motifs is 1. The van der Waals surface area contributed by atoms with Crippen LogP contribution in [0.3, 0.4) is 0 Å². The van der Waals surface area contributed by atoms with Crippen LogP contribution in [0.1, 0.15) is 35.8 Å². The number of aliphatic hydroxyl groups is 1. The van der Waals surface area contributed by atoms with Crippen LogP contribution in [0, 0.1) is 6.92 Å². The van der Waals surface area contributed by atoms with Gasteiger partial charge in [-0.2, -0.15) is 0 Å². The largest absolute Gasteiger partial charge is 0.387 e. The number of hydrogen-bond donors (Lipinski definition) is 2. The highest BCUT2D eigenvalue weighted by Crippen LogP contribution is 2.23. The minimum Gasteiger partial charge on any atom is -0.387 e. The first-order chi connectivity index (χ1) is 11.1. The first-order valence-corrected chi connectivity index (χ1v) is 7.97. The van der Waals surface area contributed by atoms with Crippen LogP contribution in [0.2, 0.25) is 0 Å². The summed E-state index contributed by atoms with van der Waals surface area (Å²) in [7, 11) is 0. The molecular weight excluding hydrogens is 284 g/mol. The highest BCUT2D eigenvalue weighted by molar-refractivity contribution is 5.82. The Morgan fingerprint density at radius 1 is 1.04 bits per heavy atom. The van der Waals surface area contributed by atoms with Crippen LogP contribution in [0.15, 0.2) is 60.8 Å². The van der Waals surface area contributed by atoms with Crippen molar-refractivity contribution in [2.45, 2.75) is 26.0 Å². The fourth-order valence-electron chi connectivity index (χ4n) is 2.81. The molecule has 23 heavy (non-hydrogen) atoms. The van der Waals surface area contributed by atoms with Crippen LogP contribution in [-0.4, -0.2) is 16.6 Å². The summed E-state index contributed by atoms with van der Waals surface area (Å²) < 4.78 is 0. The van der Waals surface area contributed by atoms with E-state index in [0.29, 0.717) is 6.54 Å². The van der Waals surface area contributed by atoms with Crippen molar-refractivity contribution in [1.82, 2.24) is 10.3 Å². The molecule has 2 N–H and O–H groups in total. The molecule has 2 aromatic carbocycles. The van der Waals surface area contributed by atoms with Gasteiger partial charge in [-0.05, 0) is 37.1 Å². The fraction of sp³-hybridized carbons (Fsp3) is 0.250. The van der Waals surface area contributed by atoms with E-state index >= 15 is 0 Å². The van der Waals surface area contributed by atoms with Crippen LogP contribution < -0.4 is 5.32 Å². The maximum Gasteiger partial charge on any atom is 0.0914 e. The van der Waals surface area contributed by atoms with Gasteiger partial charge in [0.25, 0.3) is 0 Å². The Kier molecular flexibility index (Phi) is 4.70. The molecule has 3 heteroatoms. The molecule has 3 rings (SSSR count). The van der Waals surface area contributed by atoms with Crippen LogP contribution in [0.25, 0.3) is 10.9 Å². The Morgan fingerprint density at radius 2 is 1.83 bits per heavy atom. The van der Waals surface area contributed by atoms with Crippen molar-refractivity contribution >= 4 is 10.9 Å². The van der Waals surface area contributed by atoms with E-state index in [1.54, 1.807) is 0 Å². The van der Waals surface area contributed by atoms with Gasteiger partial charge in [0.05, 0.1) is 11.6 Å². The predicted molar refractivity (Wildman–Crippen MR) is 94.3 cm³/mol. The minimum atomic E-state index is -0.508. The van der Waals surface area contributed by atoms with Crippen molar-refractivity contribution in [3.8, 4) is 0 Å². The molecule has 0 aliphatic heterocycles. The Balaban J connectivity index is 1.71. The Hall–Kier alpha value is -2.23. The monoisotopic (exact) mass is 306 g/mol. The standard InChI is InChI=1S/C20H22N2O/c1-14-8-10-16(11-9-14)20(23)13-22-15(2)17-5-3-7-19-18(17)6-4-12-21-19/h3-12,15,20,22-23H,13H2,1-2H3/t15?,20-/m0/s1. The third-order valence-electron chi connectivity index (χ3n) is 4.23. The second-order valence-electron chi connectivity index (χ2n) is 5.97. The van der Waals surface area contributed by atoms with E-state index in [4.69, 9.17) is 0 Å². The summed E-state index contributed by atoms with van der Waals surface area (Å²) in [5.74, 6) is 0. The van der Waals surface area contributed by atoms with Crippen molar-refractivity contribution < 1.29 is 5.11 Å². The van der Waals surface area contributed by atoms with Gasteiger partial charge in [-0.3, -0.25) is 4.98 Å². The number of hydrogen-bond acceptors (Lipinski definition) is 3. The number of benzene rings is 2. The Morgan fingerprint density at radius 3 is 2.61 bits per heavy atom. The van der Waals surface area contributed by atoms with E-state index in [2.05, 4.69) is 29.4 Å². The third kappa shape index (κ3) is 3.58. The molecule has 3 nitrogen and oxygen atoms in total. The molecule has 3 aromatic rings. The van der Waals surface area contributed by atoms with Crippen molar-refractivity contribution in [3.05, 3.63) is 77.5 Å². The van der Waals surface area contributed by atoms with Crippen molar-refractivity contribution in [3.63, 3.8) is 0 Å². The van der Waals surface area contributed by atoms with Gasteiger partial charge >= 0.3 is 0 Å². The van der Waals surface area contributed by atoms with Gasteiger partial charge in [-0.1, -0.05) is 48.0 Å². The minimum absolute atomic E-state index is 0.142. The molecule has 1 unspecified atom stereocenters. The van der Waals surface area contributed by atoms with Crippen molar-refractivity contribution in [1.29, 1.82) is 0 Å². The highest BCUT2D eigenvalue weighted by Gasteiger charge is 2.12. The molecule has 0 amide bonds. The van der Waals surface area contributed by atoms with E-state index < -0.39 is 6.10 Å². The van der Waals surface area contributed by atoms with Crippen LogP contribution in [0.4, 0.5) is 0 Å². The molecule has 118 valence electrons. The highest BCUT2D eigenvalue weighted by atomic mass is 16.3. The average molecular weight is 306 g/mol. The maximum absolute atomic E-state index is 10.3. The molecule has 0 saturated carbocycles. The summed E-state index contributed by atoms with van der Waals surface area (Å²) in [6.45, 7) is 4.68. The van der Waals surface area contributed by atoms with Crippen LogP contribution >= 0.6 is 0 Å². The second-order valence-corrected chi connectivity index (χ2v) is 5.97. The van der Waals surface area contributed by atoms with Gasteiger partial charge in [0.15, 0.2) is 0 Å². The lowest BCUT2D eigenvalue weighted by atomic mass is 10.0. The van der Waals surface area contributed by atoms with Gasteiger partial charge in [-0.25, -0.2) is 0 Å². The summed E-state index contributed by atoms with van der Waals surface area (Å²) in [4.78, 5) is 4.40. The van der Waals surface area contributed by atoms with E-state index in [-0.39, 0.29) is 6.04 Å². The fourth-order valence-corrected chi connectivity index (χ4v) is 2.81. The predicted octanol–water partition coefficient (Wildman–Crippen LogP) is 3.93. The molecule has 0 aliphatic rings. The third-order valence-corrected chi connectivity index (χ3v) is 4.23. The number of pyridine rings is 1. The molecule has 0 spiro atoms. The van der Waals surface area contributed by atoms with E-state index in [1.165, 1.54) is 11.1 Å². The SMILES string of the molecule is Cc1ccc([C@@H](O)CNC(C)c2cccc3ncccc23)cc1. The van der Waals surface area contributed by atoms with E-state index in [1.807, 2.05) is 55.6 Å². The lowest BCUT2D eigenvalue weighted by molar-refractivity contribution is 0.171. The second kappa shape index (κ2) is 6.90. The molecular formula is C20H22N2O. The summed E-state index contributed by atoms with van der Waals surface area (Å²) >= 11 is 0. The number of aromatic nitrogens is 1.